The lowest BCUT2D eigenvalue weighted by Gasteiger charge is -2.21. The van der Waals surface area contributed by atoms with Gasteiger partial charge in [0.1, 0.15) is 0 Å². The number of aryl methyl sites for hydroxylation is 1. The Morgan fingerprint density at radius 1 is 0.968 bits per heavy atom. The fraction of sp³-hybridized carbons (Fsp3) is 0.160. The number of Topliss-reactive ketones (excluding diaryl/α,β-unsaturated/α-hetero) is 2. The average molecular weight is 410 g/mol. The monoisotopic (exact) mass is 410 g/mol. The lowest BCUT2D eigenvalue weighted by atomic mass is 9.82. The molecule has 6 heteroatoms. The Kier molecular flexibility index (Phi) is 4.55. The van der Waals surface area contributed by atoms with Gasteiger partial charge in [-0.3, -0.25) is 14.4 Å². The smallest absolute Gasteiger partial charge is 0.312 e. The minimum absolute atomic E-state index is 0.00527. The normalized spacial score (nSPS) is 14.3. The molecule has 152 valence electrons. The summed E-state index contributed by atoms with van der Waals surface area (Å²) >= 11 is 0. The van der Waals surface area contributed by atoms with Crippen molar-refractivity contribution in [2.24, 2.45) is 0 Å². The summed E-state index contributed by atoms with van der Waals surface area (Å²) in [4.78, 5) is 37.9. The molecular weight excluding hydrogens is 392 g/mol. The first-order valence-corrected chi connectivity index (χ1v) is 10.2. The minimum atomic E-state index is -0.461. The number of hydrogen-bond donors (Lipinski definition) is 0. The van der Waals surface area contributed by atoms with Gasteiger partial charge in [0, 0.05) is 24.0 Å². The van der Waals surface area contributed by atoms with Crippen LogP contribution in [0.25, 0.3) is 22.8 Å². The number of benzene rings is 2. The molecule has 1 heterocycles. The highest BCUT2D eigenvalue weighted by atomic mass is 16.5. The number of carbonyl (C=O) groups excluding carboxylic acids is 3. The third kappa shape index (κ3) is 3.08. The van der Waals surface area contributed by atoms with Crippen LogP contribution in [0.3, 0.4) is 0 Å². The van der Waals surface area contributed by atoms with Gasteiger partial charge in [0.2, 0.25) is 5.88 Å². The van der Waals surface area contributed by atoms with E-state index in [1.807, 2.05) is 30.3 Å². The second-order valence-corrected chi connectivity index (χ2v) is 7.49. The van der Waals surface area contributed by atoms with Crippen molar-refractivity contribution in [3.05, 3.63) is 75.8 Å². The van der Waals surface area contributed by atoms with Crippen molar-refractivity contribution in [2.75, 3.05) is 0 Å². The largest absolute Gasteiger partial charge is 0.405 e. The van der Waals surface area contributed by atoms with Crippen LogP contribution < -0.4 is 15.2 Å². The fourth-order valence-electron chi connectivity index (χ4n) is 4.26. The molecule has 0 saturated heterocycles. The third-order valence-corrected chi connectivity index (χ3v) is 5.70. The van der Waals surface area contributed by atoms with E-state index in [-0.39, 0.29) is 23.9 Å². The second-order valence-electron chi connectivity index (χ2n) is 7.49. The van der Waals surface area contributed by atoms with Crippen molar-refractivity contribution in [3.8, 4) is 17.0 Å². The molecule has 31 heavy (non-hydrogen) atoms. The number of aromatic nitrogens is 2. The maximum atomic E-state index is 13.2. The molecule has 0 bridgehead atoms. The summed E-state index contributed by atoms with van der Waals surface area (Å²) in [6.07, 6.45) is 4.14. The van der Waals surface area contributed by atoms with E-state index in [1.54, 1.807) is 25.1 Å². The summed E-state index contributed by atoms with van der Waals surface area (Å²) in [7, 11) is 0. The molecule has 5 rings (SSSR count). The fourth-order valence-corrected chi connectivity index (χ4v) is 4.26. The number of ketones is 2. The second kappa shape index (κ2) is 7.40. The zero-order valence-corrected chi connectivity index (χ0v) is 16.8. The average Bonchev–Trinajstić information content (AvgIpc) is 2.79. The highest BCUT2D eigenvalue weighted by Crippen LogP contribution is 2.28. The zero-order chi connectivity index (χ0) is 21.5. The first kappa shape index (κ1) is 19.1. The molecule has 0 unspecified atom stereocenters. The van der Waals surface area contributed by atoms with Gasteiger partial charge >= 0.3 is 5.97 Å². The summed E-state index contributed by atoms with van der Waals surface area (Å²) in [5, 5.41) is 9.22. The molecule has 1 aromatic heterocycles. The summed E-state index contributed by atoms with van der Waals surface area (Å²) in [6, 6.07) is 13.1. The van der Waals surface area contributed by atoms with E-state index in [0.29, 0.717) is 40.0 Å². The Labute approximate surface area is 177 Å². The molecule has 0 fully saturated rings. The summed E-state index contributed by atoms with van der Waals surface area (Å²) in [5.41, 5.74) is 4.18. The topological polar surface area (TPSA) is 86.2 Å². The van der Waals surface area contributed by atoms with Crippen LogP contribution in [-0.2, 0) is 16.0 Å². The van der Waals surface area contributed by atoms with E-state index in [1.165, 1.54) is 6.20 Å². The van der Waals surface area contributed by atoms with Crippen LogP contribution in [0.4, 0.5) is 0 Å². The summed E-state index contributed by atoms with van der Waals surface area (Å²) in [6.45, 7) is 1.68. The number of hydrogen-bond acceptors (Lipinski definition) is 6. The van der Waals surface area contributed by atoms with Gasteiger partial charge in [-0.1, -0.05) is 43.3 Å². The molecule has 0 radical (unpaired) electrons. The highest BCUT2D eigenvalue weighted by Gasteiger charge is 2.27. The lowest BCUT2D eigenvalue weighted by Crippen LogP contribution is -2.40. The number of esters is 1. The van der Waals surface area contributed by atoms with E-state index in [4.69, 9.17) is 4.74 Å². The quantitative estimate of drug-likeness (QED) is 0.615. The number of rotatable bonds is 3. The van der Waals surface area contributed by atoms with Gasteiger partial charge < -0.3 is 4.74 Å². The Balaban J connectivity index is 1.88. The van der Waals surface area contributed by atoms with Crippen molar-refractivity contribution in [3.63, 3.8) is 0 Å². The van der Waals surface area contributed by atoms with Crippen LogP contribution in [0, 0.1) is 0 Å². The SMILES string of the molecule is CCC(=O)Oc1nnccc1C1=c2c(ccc3c2=CC(=O)c2ccccc2-3)CCC1=O. The molecule has 3 aromatic rings. The Morgan fingerprint density at radius 3 is 2.58 bits per heavy atom. The Bertz CT molecular complexity index is 1410. The van der Waals surface area contributed by atoms with Crippen LogP contribution in [-0.4, -0.2) is 27.7 Å². The van der Waals surface area contributed by atoms with Crippen LogP contribution >= 0.6 is 0 Å². The van der Waals surface area contributed by atoms with Crippen molar-refractivity contribution in [1.82, 2.24) is 10.2 Å². The maximum absolute atomic E-state index is 13.2. The van der Waals surface area contributed by atoms with Gasteiger partial charge in [-0.05, 0) is 45.7 Å². The highest BCUT2D eigenvalue weighted by molar-refractivity contribution is 6.24. The van der Waals surface area contributed by atoms with E-state index < -0.39 is 5.97 Å². The van der Waals surface area contributed by atoms with Crippen molar-refractivity contribution < 1.29 is 19.1 Å². The lowest BCUT2D eigenvalue weighted by molar-refractivity contribution is -0.134. The van der Waals surface area contributed by atoms with Crippen LogP contribution in [0.1, 0.15) is 41.3 Å². The third-order valence-electron chi connectivity index (χ3n) is 5.70. The molecule has 2 aliphatic carbocycles. The van der Waals surface area contributed by atoms with E-state index in [9.17, 15) is 14.4 Å². The van der Waals surface area contributed by atoms with E-state index in [0.717, 1.165) is 16.7 Å². The van der Waals surface area contributed by atoms with Crippen molar-refractivity contribution in [2.45, 2.75) is 26.2 Å². The zero-order valence-electron chi connectivity index (χ0n) is 16.8. The van der Waals surface area contributed by atoms with E-state index in [2.05, 4.69) is 10.2 Å². The van der Waals surface area contributed by atoms with Gasteiger partial charge in [0.05, 0.1) is 11.8 Å². The maximum Gasteiger partial charge on any atom is 0.312 e. The van der Waals surface area contributed by atoms with Crippen LogP contribution in [0.15, 0.2) is 48.7 Å². The van der Waals surface area contributed by atoms with Gasteiger partial charge in [0.25, 0.3) is 0 Å². The van der Waals surface area contributed by atoms with Gasteiger partial charge in [-0.15, -0.1) is 5.10 Å². The standard InChI is InChI=1S/C25H18N2O4/c1-2-22(30)31-25-18(11-12-26-27-25)24-20(28)10-8-14-7-9-16-15-5-3-4-6-17(15)21(29)13-19(16)23(14)24/h3-7,9,11-13H,2,8,10H2,1H3. The molecular formula is C25H18N2O4. The summed E-state index contributed by atoms with van der Waals surface area (Å²) in [5.74, 6) is -0.635. The predicted octanol–water partition coefficient (Wildman–Crippen LogP) is 2.15. The Hall–Kier alpha value is -3.93. The number of carbonyl (C=O) groups is 3. The molecule has 0 N–H and O–H groups in total. The van der Waals surface area contributed by atoms with Gasteiger partial charge in [-0.2, -0.15) is 5.10 Å². The predicted molar refractivity (Wildman–Crippen MR) is 114 cm³/mol. The molecule has 0 saturated carbocycles. The molecule has 6 nitrogen and oxygen atoms in total. The van der Waals surface area contributed by atoms with E-state index >= 15 is 0 Å². The minimum Gasteiger partial charge on any atom is -0.405 e. The number of nitrogens with zero attached hydrogens (tertiary/aromatic N) is 2. The Morgan fingerprint density at radius 2 is 1.77 bits per heavy atom. The summed E-state index contributed by atoms with van der Waals surface area (Å²) < 4.78 is 5.37. The van der Waals surface area contributed by atoms with Gasteiger partial charge in [-0.25, -0.2) is 0 Å². The van der Waals surface area contributed by atoms with Crippen LogP contribution in [0.2, 0.25) is 0 Å². The van der Waals surface area contributed by atoms with Crippen molar-refractivity contribution in [1.29, 1.82) is 0 Å². The number of ether oxygens (including phenoxy) is 1. The molecule has 0 atom stereocenters. The first-order valence-electron chi connectivity index (χ1n) is 10.2. The molecule has 2 aliphatic rings. The molecule has 2 aromatic carbocycles. The van der Waals surface area contributed by atoms with Gasteiger partial charge in [0.15, 0.2) is 11.6 Å². The van der Waals surface area contributed by atoms with Crippen molar-refractivity contribution >= 4 is 29.2 Å². The molecule has 0 aliphatic heterocycles. The molecule has 0 amide bonds. The first-order chi connectivity index (χ1) is 15.1. The number of fused-ring (bicyclic) bond motifs is 5. The van der Waals surface area contributed by atoms with Crippen LogP contribution in [0.5, 0.6) is 5.88 Å². The molecule has 0 spiro atoms.